The van der Waals surface area contributed by atoms with Crippen molar-refractivity contribution in [3.05, 3.63) is 35.7 Å². The predicted octanol–water partition coefficient (Wildman–Crippen LogP) is 2.74. The van der Waals surface area contributed by atoms with Gasteiger partial charge in [-0.05, 0) is 31.5 Å². The van der Waals surface area contributed by atoms with Crippen LogP contribution in [0, 0.1) is 0 Å². The molecule has 1 fully saturated rings. The van der Waals surface area contributed by atoms with Crippen LogP contribution in [0.15, 0.2) is 30.7 Å². The molecule has 1 aromatic carbocycles. The summed E-state index contributed by atoms with van der Waals surface area (Å²) in [5.74, 6) is 1.82. The quantitative estimate of drug-likeness (QED) is 0.646. The number of hydrogen-bond acceptors (Lipinski definition) is 8. The number of rotatable bonds is 5. The van der Waals surface area contributed by atoms with Crippen molar-refractivity contribution in [1.82, 2.24) is 19.9 Å². The van der Waals surface area contributed by atoms with E-state index in [4.69, 9.17) is 22.1 Å². The first kappa shape index (κ1) is 17.5. The summed E-state index contributed by atoms with van der Waals surface area (Å²) in [5.41, 5.74) is 7.40. The molecule has 3 heterocycles. The van der Waals surface area contributed by atoms with Gasteiger partial charge in [0.15, 0.2) is 0 Å². The van der Waals surface area contributed by atoms with Gasteiger partial charge in [-0.3, -0.25) is 0 Å². The zero-order chi connectivity index (χ0) is 18.8. The Bertz CT molecular complexity index is 968. The summed E-state index contributed by atoms with van der Waals surface area (Å²) >= 11 is 6.05. The lowest BCUT2D eigenvalue weighted by atomic mass is 10.2. The van der Waals surface area contributed by atoms with Crippen molar-refractivity contribution in [3.8, 4) is 5.88 Å². The smallest absolute Gasteiger partial charge is 0.237 e. The number of nitrogens with two attached hydrogens (primary N) is 1. The van der Waals surface area contributed by atoms with E-state index in [1.165, 1.54) is 0 Å². The van der Waals surface area contributed by atoms with Crippen molar-refractivity contribution in [2.45, 2.75) is 19.4 Å². The number of aromatic nitrogens is 4. The second kappa shape index (κ2) is 7.40. The van der Waals surface area contributed by atoms with Crippen LogP contribution in [0.5, 0.6) is 5.88 Å². The van der Waals surface area contributed by atoms with Gasteiger partial charge in [0, 0.05) is 30.2 Å². The fourth-order valence-electron chi connectivity index (χ4n) is 3.22. The fourth-order valence-corrected chi connectivity index (χ4v) is 3.37. The van der Waals surface area contributed by atoms with E-state index in [1.54, 1.807) is 12.5 Å². The Balaban J connectivity index is 1.50. The molecule has 0 radical (unpaired) electrons. The molecule has 0 aliphatic carbocycles. The maximum absolute atomic E-state index is 6.05. The number of anilines is 3. The summed E-state index contributed by atoms with van der Waals surface area (Å²) in [6.45, 7) is 4.05. The average Bonchev–Trinajstić information content (AvgIpc) is 3.12. The molecule has 1 atom stereocenters. The van der Waals surface area contributed by atoms with Crippen molar-refractivity contribution in [1.29, 1.82) is 0 Å². The second-order valence-corrected chi connectivity index (χ2v) is 6.74. The molecule has 1 unspecified atom stereocenters. The number of benzene rings is 1. The van der Waals surface area contributed by atoms with Crippen molar-refractivity contribution >= 4 is 40.0 Å². The number of halogens is 1. The van der Waals surface area contributed by atoms with Gasteiger partial charge in [-0.2, -0.15) is 4.98 Å². The van der Waals surface area contributed by atoms with E-state index < -0.39 is 0 Å². The lowest BCUT2D eigenvalue weighted by Crippen LogP contribution is -2.27. The van der Waals surface area contributed by atoms with E-state index in [9.17, 15) is 0 Å². The summed E-state index contributed by atoms with van der Waals surface area (Å²) in [4.78, 5) is 19.6. The second-order valence-electron chi connectivity index (χ2n) is 6.33. The molecule has 4 rings (SSSR count). The topological polar surface area (TPSA) is 102 Å². The molecule has 1 aliphatic heterocycles. The average molecular weight is 386 g/mol. The predicted molar refractivity (Wildman–Crippen MR) is 106 cm³/mol. The highest BCUT2D eigenvalue weighted by molar-refractivity contribution is 6.31. The highest BCUT2D eigenvalue weighted by Gasteiger charge is 2.25. The van der Waals surface area contributed by atoms with Gasteiger partial charge in [-0.25, -0.2) is 15.0 Å². The van der Waals surface area contributed by atoms with E-state index in [1.807, 2.05) is 25.1 Å². The van der Waals surface area contributed by atoms with Crippen molar-refractivity contribution < 1.29 is 4.74 Å². The van der Waals surface area contributed by atoms with Gasteiger partial charge in [0.1, 0.15) is 17.2 Å². The fraction of sp³-hybridized carbons (Fsp3) is 0.333. The molecular weight excluding hydrogens is 366 g/mol. The molecule has 0 amide bonds. The van der Waals surface area contributed by atoms with Gasteiger partial charge >= 0.3 is 0 Å². The number of ether oxygens (including phenoxy) is 1. The van der Waals surface area contributed by atoms with Crippen LogP contribution in [-0.2, 0) is 0 Å². The minimum Gasteiger partial charge on any atom is -0.477 e. The molecule has 1 saturated heterocycles. The Kier molecular flexibility index (Phi) is 4.81. The van der Waals surface area contributed by atoms with Gasteiger partial charge in [0.2, 0.25) is 11.8 Å². The third-order valence-corrected chi connectivity index (χ3v) is 4.71. The molecule has 0 saturated carbocycles. The Morgan fingerprint density at radius 3 is 3.07 bits per heavy atom. The molecule has 0 bridgehead atoms. The van der Waals surface area contributed by atoms with Crippen molar-refractivity contribution in [2.24, 2.45) is 0 Å². The largest absolute Gasteiger partial charge is 0.477 e. The van der Waals surface area contributed by atoms with Crippen molar-refractivity contribution in [2.75, 3.05) is 35.6 Å². The van der Waals surface area contributed by atoms with Crippen molar-refractivity contribution in [3.63, 3.8) is 0 Å². The van der Waals surface area contributed by atoms with Gasteiger partial charge in [-0.15, -0.1) is 0 Å². The van der Waals surface area contributed by atoms with Crippen LogP contribution in [0.25, 0.3) is 10.9 Å². The number of nitrogen functional groups attached to an aromatic ring is 1. The lowest BCUT2D eigenvalue weighted by Gasteiger charge is -2.19. The number of nitrogens with zero attached hydrogens (tertiary/aromatic N) is 5. The van der Waals surface area contributed by atoms with E-state index in [0.29, 0.717) is 29.1 Å². The standard InChI is InChI=1S/C18H20ClN7O/c1-2-27-17-14(19)8-21-18(25-17)24-12-5-6-26(9-12)16-13-4-3-11(20)7-15(13)22-10-23-16/h3-4,7-8,10,12H,2,5-6,9,20H2,1H3,(H,21,24,25). The maximum Gasteiger partial charge on any atom is 0.237 e. The zero-order valence-corrected chi connectivity index (χ0v) is 15.6. The normalized spacial score (nSPS) is 16.7. The third kappa shape index (κ3) is 3.66. The summed E-state index contributed by atoms with van der Waals surface area (Å²) in [6, 6.07) is 5.90. The Morgan fingerprint density at radius 2 is 2.22 bits per heavy atom. The number of hydrogen-bond donors (Lipinski definition) is 2. The number of fused-ring (bicyclic) bond motifs is 1. The molecule has 0 spiro atoms. The van der Waals surface area contributed by atoms with Gasteiger partial charge in [0.25, 0.3) is 0 Å². The van der Waals surface area contributed by atoms with Crippen LogP contribution >= 0.6 is 11.6 Å². The zero-order valence-electron chi connectivity index (χ0n) is 14.9. The monoisotopic (exact) mass is 385 g/mol. The van der Waals surface area contributed by atoms with E-state index in [0.717, 1.165) is 36.2 Å². The molecule has 9 heteroatoms. The molecule has 1 aliphatic rings. The number of nitrogens with one attached hydrogen (secondary N) is 1. The Morgan fingerprint density at radius 1 is 1.33 bits per heavy atom. The minimum absolute atomic E-state index is 0.194. The Hall–Kier alpha value is -2.87. The molecule has 27 heavy (non-hydrogen) atoms. The van der Waals surface area contributed by atoms with E-state index >= 15 is 0 Å². The minimum atomic E-state index is 0.194. The van der Waals surface area contributed by atoms with Crippen LogP contribution in [0.1, 0.15) is 13.3 Å². The van der Waals surface area contributed by atoms with Crippen LogP contribution in [0.2, 0.25) is 5.02 Å². The van der Waals surface area contributed by atoms with Gasteiger partial charge in [0.05, 0.1) is 18.3 Å². The Labute approximate surface area is 161 Å². The highest BCUT2D eigenvalue weighted by Crippen LogP contribution is 2.28. The summed E-state index contributed by atoms with van der Waals surface area (Å²) < 4.78 is 5.43. The molecule has 3 aromatic rings. The van der Waals surface area contributed by atoms with Gasteiger partial charge < -0.3 is 20.7 Å². The maximum atomic E-state index is 6.05. The van der Waals surface area contributed by atoms with Crippen LogP contribution < -0.4 is 20.7 Å². The third-order valence-electron chi connectivity index (χ3n) is 4.45. The van der Waals surface area contributed by atoms with Crippen LogP contribution in [-0.4, -0.2) is 45.7 Å². The summed E-state index contributed by atoms with van der Waals surface area (Å²) in [5, 5.41) is 4.76. The van der Waals surface area contributed by atoms with E-state index in [-0.39, 0.29) is 6.04 Å². The molecule has 2 aromatic heterocycles. The lowest BCUT2D eigenvalue weighted by molar-refractivity contribution is 0.327. The first-order chi connectivity index (χ1) is 13.1. The first-order valence-electron chi connectivity index (χ1n) is 8.81. The molecule has 140 valence electrons. The summed E-state index contributed by atoms with van der Waals surface area (Å²) in [6.07, 6.45) is 4.07. The van der Waals surface area contributed by atoms with E-state index in [2.05, 4.69) is 30.2 Å². The van der Waals surface area contributed by atoms with Crippen LogP contribution in [0.3, 0.4) is 0 Å². The molecule has 8 nitrogen and oxygen atoms in total. The molecule has 3 N–H and O–H groups in total. The first-order valence-corrected chi connectivity index (χ1v) is 9.19. The van der Waals surface area contributed by atoms with Crippen LogP contribution in [0.4, 0.5) is 17.5 Å². The molecular formula is C18H20ClN7O. The van der Waals surface area contributed by atoms with Gasteiger partial charge in [-0.1, -0.05) is 11.6 Å². The highest BCUT2D eigenvalue weighted by atomic mass is 35.5. The SMILES string of the molecule is CCOc1nc(NC2CCN(c3ncnc4cc(N)ccc34)C2)ncc1Cl. The summed E-state index contributed by atoms with van der Waals surface area (Å²) in [7, 11) is 0.